The molecule has 2 aromatic carbocycles. The van der Waals surface area contributed by atoms with Crippen molar-refractivity contribution in [1.29, 1.82) is 0 Å². The number of aryl methyl sites for hydroxylation is 1. The van der Waals surface area contributed by atoms with E-state index in [2.05, 4.69) is 5.32 Å². The van der Waals surface area contributed by atoms with Crippen LogP contribution in [0, 0.1) is 0 Å². The summed E-state index contributed by atoms with van der Waals surface area (Å²) in [5.74, 6) is -0.0333. The van der Waals surface area contributed by atoms with Crippen LogP contribution in [0.2, 0.25) is 5.02 Å². The summed E-state index contributed by atoms with van der Waals surface area (Å²) in [6, 6.07) is 14.0. The molecule has 1 amide bonds. The van der Waals surface area contributed by atoms with Crippen LogP contribution >= 0.6 is 11.6 Å². The molecule has 4 nitrogen and oxygen atoms in total. The molecule has 2 aromatic rings. The molecule has 6 heteroatoms. The molecule has 134 valence electrons. The third kappa shape index (κ3) is 5.87. The zero-order valence-corrected chi connectivity index (χ0v) is 15.9. The maximum atomic E-state index is 12.2. The lowest BCUT2D eigenvalue weighted by atomic mass is 10.0. The minimum atomic E-state index is -3.21. The van der Waals surface area contributed by atoms with Gasteiger partial charge in [0.05, 0.1) is 10.9 Å². The van der Waals surface area contributed by atoms with E-state index < -0.39 is 9.84 Å². The van der Waals surface area contributed by atoms with Gasteiger partial charge in [-0.25, -0.2) is 8.42 Å². The van der Waals surface area contributed by atoms with Gasteiger partial charge in [-0.15, -0.1) is 0 Å². The second kappa shape index (κ2) is 8.50. The number of amides is 1. The second-order valence-corrected chi connectivity index (χ2v) is 8.45. The lowest BCUT2D eigenvalue weighted by molar-refractivity contribution is -0.121. The van der Waals surface area contributed by atoms with Crippen molar-refractivity contribution in [2.45, 2.75) is 37.1 Å². The Morgan fingerprint density at radius 3 is 2.20 bits per heavy atom. The molecule has 0 bridgehead atoms. The van der Waals surface area contributed by atoms with Crippen molar-refractivity contribution in [3.8, 4) is 0 Å². The van der Waals surface area contributed by atoms with E-state index in [-0.39, 0.29) is 16.8 Å². The Kier molecular flexibility index (Phi) is 6.62. The molecule has 1 N–H and O–H groups in total. The molecule has 0 aromatic heterocycles. The number of sulfone groups is 1. The average molecular weight is 380 g/mol. The van der Waals surface area contributed by atoms with Gasteiger partial charge in [-0.2, -0.15) is 0 Å². The zero-order valence-electron chi connectivity index (χ0n) is 14.3. The minimum absolute atomic E-state index is 0.0333. The molecular formula is C19H22ClNO3S. The van der Waals surface area contributed by atoms with Crippen molar-refractivity contribution >= 4 is 27.3 Å². The fourth-order valence-electron chi connectivity index (χ4n) is 2.54. The highest BCUT2D eigenvalue weighted by atomic mass is 35.5. The third-order valence-corrected chi connectivity index (χ3v) is 5.39. The van der Waals surface area contributed by atoms with E-state index in [0.29, 0.717) is 17.9 Å². The van der Waals surface area contributed by atoms with E-state index in [4.69, 9.17) is 11.6 Å². The number of hydrogen-bond donors (Lipinski definition) is 1. The third-order valence-electron chi connectivity index (χ3n) is 4.01. The van der Waals surface area contributed by atoms with Gasteiger partial charge in [0.2, 0.25) is 5.91 Å². The Balaban J connectivity index is 1.96. The molecule has 0 saturated heterocycles. The number of nitrogens with one attached hydrogen (secondary N) is 1. The summed E-state index contributed by atoms with van der Waals surface area (Å²) in [5, 5.41) is 3.69. The molecule has 0 aliphatic rings. The lowest BCUT2D eigenvalue weighted by Crippen LogP contribution is -2.28. The Morgan fingerprint density at radius 2 is 1.68 bits per heavy atom. The predicted molar refractivity (Wildman–Crippen MR) is 100 cm³/mol. The Labute approximate surface area is 154 Å². The van der Waals surface area contributed by atoms with E-state index in [0.717, 1.165) is 17.5 Å². The van der Waals surface area contributed by atoms with Crippen LogP contribution in [-0.2, 0) is 21.1 Å². The summed E-state index contributed by atoms with van der Waals surface area (Å²) in [4.78, 5) is 12.5. The fourth-order valence-corrected chi connectivity index (χ4v) is 3.30. The van der Waals surface area contributed by atoms with E-state index in [9.17, 15) is 13.2 Å². The van der Waals surface area contributed by atoms with Crippen LogP contribution < -0.4 is 5.32 Å². The molecular weight excluding hydrogens is 358 g/mol. The summed E-state index contributed by atoms with van der Waals surface area (Å²) in [5.41, 5.74) is 1.96. The zero-order chi connectivity index (χ0) is 18.4. The Hall–Kier alpha value is -1.85. The molecule has 0 heterocycles. The van der Waals surface area contributed by atoms with Crippen LogP contribution in [0.25, 0.3) is 0 Å². The molecule has 25 heavy (non-hydrogen) atoms. The highest BCUT2D eigenvalue weighted by Gasteiger charge is 2.14. The molecule has 0 radical (unpaired) electrons. The lowest BCUT2D eigenvalue weighted by Gasteiger charge is -2.18. The number of carbonyl (C=O) groups excluding carboxylic acids is 1. The van der Waals surface area contributed by atoms with Gasteiger partial charge in [-0.1, -0.05) is 42.8 Å². The largest absolute Gasteiger partial charge is 0.349 e. The highest BCUT2D eigenvalue weighted by Crippen LogP contribution is 2.19. The van der Waals surface area contributed by atoms with Gasteiger partial charge < -0.3 is 5.32 Å². The summed E-state index contributed by atoms with van der Waals surface area (Å²) >= 11 is 5.85. The van der Waals surface area contributed by atoms with Crippen molar-refractivity contribution in [1.82, 2.24) is 5.32 Å². The van der Waals surface area contributed by atoms with Crippen molar-refractivity contribution in [3.63, 3.8) is 0 Å². The fraction of sp³-hybridized carbons (Fsp3) is 0.316. The molecule has 2 rings (SSSR count). The number of hydrogen-bond acceptors (Lipinski definition) is 3. The molecule has 1 atom stereocenters. The first-order valence-corrected chi connectivity index (χ1v) is 10.4. The van der Waals surface area contributed by atoms with E-state index >= 15 is 0 Å². The Morgan fingerprint density at radius 1 is 1.08 bits per heavy atom. The van der Waals surface area contributed by atoms with E-state index in [1.165, 1.54) is 6.26 Å². The second-order valence-electron chi connectivity index (χ2n) is 6.00. The molecule has 0 spiro atoms. The quantitative estimate of drug-likeness (QED) is 0.792. The summed E-state index contributed by atoms with van der Waals surface area (Å²) in [6.45, 7) is 1.98. The predicted octanol–water partition coefficient (Wildman–Crippen LogP) is 3.94. The van der Waals surface area contributed by atoms with Crippen molar-refractivity contribution in [2.75, 3.05) is 6.26 Å². The van der Waals surface area contributed by atoms with E-state index in [1.54, 1.807) is 24.3 Å². The van der Waals surface area contributed by atoms with Gasteiger partial charge in [0.1, 0.15) is 0 Å². The average Bonchev–Trinajstić information content (AvgIpc) is 2.58. The number of rotatable bonds is 7. The van der Waals surface area contributed by atoms with Gasteiger partial charge in [-0.3, -0.25) is 4.79 Å². The summed E-state index contributed by atoms with van der Waals surface area (Å²) in [7, 11) is -3.21. The Bertz CT molecular complexity index is 815. The first-order chi connectivity index (χ1) is 11.8. The summed E-state index contributed by atoms with van der Waals surface area (Å²) < 4.78 is 23.0. The van der Waals surface area contributed by atoms with Crippen LogP contribution in [0.15, 0.2) is 53.4 Å². The SMILES string of the molecule is CC[C@H](NC(=O)CCc1ccc(Cl)cc1)c1ccc(S(C)(=O)=O)cc1. The van der Waals surface area contributed by atoms with Gasteiger partial charge in [0.15, 0.2) is 9.84 Å². The molecule has 0 fully saturated rings. The first kappa shape index (κ1) is 19.5. The number of benzene rings is 2. The maximum absolute atomic E-state index is 12.2. The smallest absolute Gasteiger partial charge is 0.220 e. The molecule has 0 aliphatic heterocycles. The van der Waals surface area contributed by atoms with Crippen molar-refractivity contribution in [2.24, 2.45) is 0 Å². The standard InChI is InChI=1S/C19H22ClNO3S/c1-3-18(15-7-11-17(12-8-15)25(2,23)24)21-19(22)13-6-14-4-9-16(20)10-5-14/h4-5,7-12,18H,3,6,13H2,1-2H3,(H,21,22)/t18-/m0/s1. The minimum Gasteiger partial charge on any atom is -0.349 e. The number of halogens is 1. The van der Waals surface area contributed by atoms with Crippen LogP contribution in [-0.4, -0.2) is 20.6 Å². The van der Waals surface area contributed by atoms with E-state index in [1.807, 2.05) is 31.2 Å². The monoisotopic (exact) mass is 379 g/mol. The highest BCUT2D eigenvalue weighted by molar-refractivity contribution is 7.90. The van der Waals surface area contributed by atoms with Crippen molar-refractivity contribution in [3.05, 3.63) is 64.7 Å². The molecule has 0 unspecified atom stereocenters. The number of carbonyl (C=O) groups is 1. The summed E-state index contributed by atoms with van der Waals surface area (Å²) in [6.07, 6.45) is 2.94. The van der Waals surface area contributed by atoms with Gasteiger partial charge in [-0.05, 0) is 48.2 Å². The first-order valence-electron chi connectivity index (χ1n) is 8.13. The topological polar surface area (TPSA) is 63.2 Å². The molecule has 0 aliphatic carbocycles. The van der Waals surface area contributed by atoms with Gasteiger partial charge in [0, 0.05) is 17.7 Å². The van der Waals surface area contributed by atoms with Crippen LogP contribution in [0.1, 0.15) is 36.9 Å². The van der Waals surface area contributed by atoms with Gasteiger partial charge >= 0.3 is 0 Å². The van der Waals surface area contributed by atoms with Crippen LogP contribution in [0.5, 0.6) is 0 Å². The molecule has 0 saturated carbocycles. The maximum Gasteiger partial charge on any atom is 0.220 e. The van der Waals surface area contributed by atoms with Crippen LogP contribution in [0.4, 0.5) is 0 Å². The van der Waals surface area contributed by atoms with Crippen molar-refractivity contribution < 1.29 is 13.2 Å². The normalized spacial score (nSPS) is 12.6. The van der Waals surface area contributed by atoms with Gasteiger partial charge in [0.25, 0.3) is 0 Å². The van der Waals surface area contributed by atoms with Crippen LogP contribution in [0.3, 0.4) is 0 Å².